The normalized spacial score (nSPS) is 14.9. The third-order valence-electron chi connectivity index (χ3n) is 4.80. The first kappa shape index (κ1) is 19.0. The number of amides is 2. The molecule has 1 heterocycles. The van der Waals surface area contributed by atoms with Gasteiger partial charge in [0, 0.05) is 25.1 Å². The van der Waals surface area contributed by atoms with E-state index in [-0.39, 0.29) is 17.9 Å². The molecule has 5 nitrogen and oxygen atoms in total. The van der Waals surface area contributed by atoms with Gasteiger partial charge in [0.15, 0.2) is 0 Å². The van der Waals surface area contributed by atoms with Gasteiger partial charge < -0.3 is 15.0 Å². The van der Waals surface area contributed by atoms with Crippen LogP contribution >= 0.6 is 0 Å². The quantitative estimate of drug-likeness (QED) is 0.813. The van der Waals surface area contributed by atoms with Gasteiger partial charge in [-0.15, -0.1) is 0 Å². The van der Waals surface area contributed by atoms with Crippen LogP contribution in [-0.4, -0.2) is 29.9 Å². The lowest BCUT2D eigenvalue weighted by Gasteiger charge is -2.17. The molecule has 1 aliphatic heterocycles. The second-order valence-electron chi connectivity index (χ2n) is 6.81. The van der Waals surface area contributed by atoms with Crippen molar-refractivity contribution >= 4 is 11.8 Å². The average Bonchev–Trinajstić information content (AvgIpc) is 3.07. The molecule has 1 saturated heterocycles. The van der Waals surface area contributed by atoms with Crippen LogP contribution in [0.5, 0.6) is 5.75 Å². The Labute approximate surface area is 160 Å². The van der Waals surface area contributed by atoms with Crippen LogP contribution in [0.15, 0.2) is 48.5 Å². The van der Waals surface area contributed by atoms with Gasteiger partial charge in [-0.3, -0.25) is 9.59 Å². The summed E-state index contributed by atoms with van der Waals surface area (Å²) in [5.74, 6) is 0.924. The van der Waals surface area contributed by atoms with Crippen molar-refractivity contribution in [2.45, 2.75) is 39.3 Å². The van der Waals surface area contributed by atoms with Crippen LogP contribution in [0.4, 0.5) is 0 Å². The topological polar surface area (TPSA) is 58.6 Å². The average molecular weight is 366 g/mol. The van der Waals surface area contributed by atoms with Crippen molar-refractivity contribution in [2.75, 3.05) is 13.2 Å². The number of ether oxygens (including phenoxy) is 1. The van der Waals surface area contributed by atoms with Crippen LogP contribution in [0.25, 0.3) is 0 Å². The van der Waals surface area contributed by atoms with E-state index in [9.17, 15) is 9.59 Å². The van der Waals surface area contributed by atoms with Gasteiger partial charge in [-0.25, -0.2) is 0 Å². The minimum atomic E-state index is -0.111. The van der Waals surface area contributed by atoms with Crippen LogP contribution < -0.4 is 10.1 Å². The molecule has 0 saturated carbocycles. The SMILES string of the molecule is CCOc1ccc([C@H](C)NC(=O)c2ccc(CN3CCCC3=O)cc2)cc1. The molecule has 27 heavy (non-hydrogen) atoms. The van der Waals surface area contributed by atoms with Crippen molar-refractivity contribution in [1.29, 1.82) is 0 Å². The second-order valence-corrected chi connectivity index (χ2v) is 6.81. The Bertz CT molecular complexity index is 784. The van der Waals surface area contributed by atoms with Gasteiger partial charge in [-0.1, -0.05) is 24.3 Å². The van der Waals surface area contributed by atoms with Crippen LogP contribution in [-0.2, 0) is 11.3 Å². The third-order valence-corrected chi connectivity index (χ3v) is 4.80. The van der Waals surface area contributed by atoms with Gasteiger partial charge in [0.05, 0.1) is 12.6 Å². The number of benzene rings is 2. The zero-order valence-corrected chi connectivity index (χ0v) is 15.9. The van der Waals surface area contributed by atoms with Crippen molar-refractivity contribution in [3.05, 3.63) is 65.2 Å². The van der Waals surface area contributed by atoms with Crippen molar-refractivity contribution in [3.8, 4) is 5.75 Å². The van der Waals surface area contributed by atoms with E-state index in [1.807, 2.05) is 67.3 Å². The highest BCUT2D eigenvalue weighted by Gasteiger charge is 2.20. The number of carbonyl (C=O) groups excluding carboxylic acids is 2. The zero-order valence-electron chi connectivity index (χ0n) is 15.9. The predicted molar refractivity (Wildman–Crippen MR) is 105 cm³/mol. The Balaban J connectivity index is 1.57. The molecular weight excluding hydrogens is 340 g/mol. The van der Waals surface area contributed by atoms with E-state index < -0.39 is 0 Å². The summed E-state index contributed by atoms with van der Waals surface area (Å²) in [6.45, 7) is 5.98. The first-order valence-corrected chi connectivity index (χ1v) is 9.47. The third kappa shape index (κ3) is 4.88. The molecule has 0 spiro atoms. The highest BCUT2D eigenvalue weighted by molar-refractivity contribution is 5.94. The smallest absolute Gasteiger partial charge is 0.251 e. The van der Waals surface area contributed by atoms with Crippen LogP contribution in [0.2, 0.25) is 0 Å². The number of nitrogens with one attached hydrogen (secondary N) is 1. The van der Waals surface area contributed by atoms with E-state index in [0.29, 0.717) is 25.1 Å². The van der Waals surface area contributed by atoms with Crippen molar-refractivity contribution in [1.82, 2.24) is 10.2 Å². The van der Waals surface area contributed by atoms with Gasteiger partial charge in [0.1, 0.15) is 5.75 Å². The number of nitrogens with zero attached hydrogens (tertiary/aromatic N) is 1. The van der Waals surface area contributed by atoms with Gasteiger partial charge in [-0.05, 0) is 55.7 Å². The lowest BCUT2D eigenvalue weighted by molar-refractivity contribution is -0.128. The molecule has 0 unspecified atom stereocenters. The predicted octanol–water partition coefficient (Wildman–Crippen LogP) is 3.70. The summed E-state index contributed by atoms with van der Waals surface area (Å²) in [4.78, 5) is 26.1. The number of rotatable bonds is 7. The van der Waals surface area contributed by atoms with Crippen LogP contribution in [0.1, 0.15) is 54.2 Å². The fourth-order valence-corrected chi connectivity index (χ4v) is 3.24. The molecule has 5 heteroatoms. The fraction of sp³-hybridized carbons (Fsp3) is 0.364. The summed E-state index contributed by atoms with van der Waals surface area (Å²) in [6, 6.07) is 15.1. The molecule has 2 amide bonds. The number of hydrogen-bond donors (Lipinski definition) is 1. The van der Waals surface area contributed by atoms with E-state index in [4.69, 9.17) is 4.74 Å². The molecule has 0 aromatic heterocycles. The Morgan fingerprint density at radius 3 is 2.44 bits per heavy atom. The van der Waals surface area contributed by atoms with E-state index in [2.05, 4.69) is 5.32 Å². The summed E-state index contributed by atoms with van der Waals surface area (Å²) in [7, 11) is 0. The highest BCUT2D eigenvalue weighted by atomic mass is 16.5. The first-order chi connectivity index (χ1) is 13.1. The molecule has 1 atom stereocenters. The van der Waals surface area contributed by atoms with Gasteiger partial charge in [0.2, 0.25) is 5.91 Å². The molecule has 2 aromatic rings. The molecule has 1 fully saturated rings. The minimum Gasteiger partial charge on any atom is -0.494 e. The molecule has 0 aliphatic carbocycles. The Morgan fingerprint density at radius 2 is 1.85 bits per heavy atom. The maximum absolute atomic E-state index is 12.5. The minimum absolute atomic E-state index is 0.102. The van der Waals surface area contributed by atoms with Crippen LogP contribution in [0, 0.1) is 0 Å². The number of carbonyl (C=O) groups is 2. The number of likely N-dealkylation sites (tertiary alicyclic amines) is 1. The van der Waals surface area contributed by atoms with Gasteiger partial charge in [-0.2, -0.15) is 0 Å². The first-order valence-electron chi connectivity index (χ1n) is 9.47. The van der Waals surface area contributed by atoms with Gasteiger partial charge in [0.25, 0.3) is 5.91 Å². The van der Waals surface area contributed by atoms with E-state index in [0.717, 1.165) is 29.8 Å². The monoisotopic (exact) mass is 366 g/mol. The maximum atomic E-state index is 12.5. The summed E-state index contributed by atoms with van der Waals surface area (Å²) in [6.07, 6.45) is 1.58. The Morgan fingerprint density at radius 1 is 1.15 bits per heavy atom. The molecule has 3 rings (SSSR count). The van der Waals surface area contributed by atoms with E-state index in [1.165, 1.54) is 0 Å². The van der Waals surface area contributed by atoms with Crippen molar-refractivity contribution in [3.63, 3.8) is 0 Å². The summed E-state index contributed by atoms with van der Waals surface area (Å²) < 4.78 is 5.44. The fourth-order valence-electron chi connectivity index (χ4n) is 3.24. The summed E-state index contributed by atoms with van der Waals surface area (Å²) in [5, 5.41) is 3.02. The molecule has 0 radical (unpaired) electrons. The Kier molecular flexibility index (Phi) is 6.12. The molecule has 1 aliphatic rings. The van der Waals surface area contributed by atoms with Crippen molar-refractivity contribution in [2.24, 2.45) is 0 Å². The number of hydrogen-bond acceptors (Lipinski definition) is 3. The molecule has 1 N–H and O–H groups in total. The van der Waals surface area contributed by atoms with E-state index >= 15 is 0 Å². The molecule has 142 valence electrons. The summed E-state index contributed by atoms with van der Waals surface area (Å²) in [5.41, 5.74) is 2.68. The lowest BCUT2D eigenvalue weighted by Crippen LogP contribution is -2.27. The lowest BCUT2D eigenvalue weighted by atomic mass is 10.1. The molecular formula is C22H26N2O3. The molecule has 2 aromatic carbocycles. The Hall–Kier alpha value is -2.82. The highest BCUT2D eigenvalue weighted by Crippen LogP contribution is 2.19. The van der Waals surface area contributed by atoms with Crippen molar-refractivity contribution < 1.29 is 14.3 Å². The molecule has 0 bridgehead atoms. The van der Waals surface area contributed by atoms with Gasteiger partial charge >= 0.3 is 0 Å². The maximum Gasteiger partial charge on any atom is 0.251 e. The summed E-state index contributed by atoms with van der Waals surface area (Å²) >= 11 is 0. The zero-order chi connectivity index (χ0) is 19.2. The van der Waals surface area contributed by atoms with Crippen LogP contribution in [0.3, 0.4) is 0 Å². The largest absolute Gasteiger partial charge is 0.494 e. The standard InChI is InChI=1S/C22H26N2O3/c1-3-27-20-12-10-18(11-13-20)16(2)23-22(26)19-8-6-17(7-9-19)15-24-14-4-5-21(24)25/h6-13,16H,3-5,14-15H2,1-2H3,(H,23,26)/t16-/m0/s1. The second kappa shape index (κ2) is 8.71. The van der Waals surface area contributed by atoms with E-state index in [1.54, 1.807) is 0 Å².